The van der Waals surface area contributed by atoms with Gasteiger partial charge in [0.1, 0.15) is 5.82 Å². The van der Waals surface area contributed by atoms with Crippen LogP contribution >= 0.6 is 0 Å². The Morgan fingerprint density at radius 2 is 1.80 bits per heavy atom. The number of nitrogens with zero attached hydrogens (tertiary/aromatic N) is 3. The van der Waals surface area contributed by atoms with E-state index in [1.807, 2.05) is 47.0 Å². The Balaban J connectivity index is 1.46. The molecule has 0 radical (unpaired) electrons. The summed E-state index contributed by atoms with van der Waals surface area (Å²) < 4.78 is 1.97. The van der Waals surface area contributed by atoms with Crippen LogP contribution in [0.4, 0.5) is 0 Å². The monoisotopic (exact) mass is 334 g/mol. The van der Waals surface area contributed by atoms with Crippen LogP contribution in [0.3, 0.4) is 0 Å². The lowest BCUT2D eigenvalue weighted by atomic mass is 9.78. The molecule has 5 heteroatoms. The number of rotatable bonds is 5. The van der Waals surface area contributed by atoms with Gasteiger partial charge in [-0.05, 0) is 30.5 Å². The van der Waals surface area contributed by atoms with Gasteiger partial charge in [-0.1, -0.05) is 49.2 Å². The van der Waals surface area contributed by atoms with Crippen molar-refractivity contribution < 1.29 is 4.79 Å². The molecule has 128 valence electrons. The van der Waals surface area contributed by atoms with E-state index in [0.29, 0.717) is 13.0 Å². The maximum Gasteiger partial charge on any atom is 0.230 e. The Bertz CT molecular complexity index is 866. The number of aromatic nitrogens is 3. The number of benzene rings is 1. The summed E-state index contributed by atoms with van der Waals surface area (Å²) in [5, 5.41) is 11.5. The van der Waals surface area contributed by atoms with E-state index in [9.17, 15) is 4.79 Å². The smallest absolute Gasteiger partial charge is 0.230 e. The molecular formula is C20H22N4O. The molecular weight excluding hydrogens is 312 g/mol. The number of amides is 1. The lowest BCUT2D eigenvalue weighted by molar-refractivity contribution is -0.126. The zero-order chi connectivity index (χ0) is 17.1. The van der Waals surface area contributed by atoms with Gasteiger partial charge in [0.2, 0.25) is 5.91 Å². The van der Waals surface area contributed by atoms with Crippen LogP contribution in [0.15, 0.2) is 54.7 Å². The van der Waals surface area contributed by atoms with E-state index < -0.39 is 0 Å². The van der Waals surface area contributed by atoms with Gasteiger partial charge in [-0.15, -0.1) is 10.2 Å². The number of carbonyl (C=O) groups is 1. The fourth-order valence-corrected chi connectivity index (χ4v) is 3.90. The maximum atomic E-state index is 13.0. The second-order valence-electron chi connectivity index (χ2n) is 6.71. The summed E-state index contributed by atoms with van der Waals surface area (Å²) in [4.78, 5) is 13.0. The molecule has 1 saturated carbocycles. The number of nitrogens with one attached hydrogen (secondary N) is 1. The second kappa shape index (κ2) is 6.67. The van der Waals surface area contributed by atoms with Gasteiger partial charge < -0.3 is 5.32 Å². The third kappa shape index (κ3) is 2.90. The third-order valence-corrected chi connectivity index (χ3v) is 5.24. The number of pyridine rings is 1. The van der Waals surface area contributed by atoms with Crippen molar-refractivity contribution in [3.8, 4) is 0 Å². The van der Waals surface area contributed by atoms with E-state index in [4.69, 9.17) is 0 Å². The quantitative estimate of drug-likeness (QED) is 0.780. The molecule has 1 aromatic carbocycles. The predicted molar refractivity (Wildman–Crippen MR) is 96.3 cm³/mol. The fraction of sp³-hybridized carbons (Fsp3) is 0.350. The summed E-state index contributed by atoms with van der Waals surface area (Å²) >= 11 is 0. The van der Waals surface area contributed by atoms with Crippen LogP contribution in [0.2, 0.25) is 0 Å². The van der Waals surface area contributed by atoms with E-state index in [0.717, 1.165) is 42.7 Å². The highest BCUT2D eigenvalue weighted by Crippen LogP contribution is 2.41. The fourth-order valence-electron chi connectivity index (χ4n) is 3.90. The normalized spacial score (nSPS) is 16.2. The average Bonchev–Trinajstić information content (AvgIpc) is 3.31. The van der Waals surface area contributed by atoms with E-state index >= 15 is 0 Å². The first-order valence-electron chi connectivity index (χ1n) is 8.92. The molecule has 0 atom stereocenters. The average molecular weight is 334 g/mol. The summed E-state index contributed by atoms with van der Waals surface area (Å²) in [6.45, 7) is 0.573. The predicted octanol–water partition coefficient (Wildman–Crippen LogP) is 2.90. The largest absolute Gasteiger partial charge is 0.355 e. The second-order valence-corrected chi connectivity index (χ2v) is 6.71. The Morgan fingerprint density at radius 3 is 2.60 bits per heavy atom. The van der Waals surface area contributed by atoms with Crippen LogP contribution in [0.25, 0.3) is 5.65 Å². The number of carbonyl (C=O) groups excluding carboxylic acids is 1. The first-order valence-corrected chi connectivity index (χ1v) is 8.92. The molecule has 5 nitrogen and oxygen atoms in total. The van der Waals surface area contributed by atoms with Gasteiger partial charge in [0.05, 0.1) is 5.41 Å². The molecule has 0 spiro atoms. The van der Waals surface area contributed by atoms with Crippen molar-refractivity contribution in [2.45, 2.75) is 37.5 Å². The molecule has 1 amide bonds. The molecule has 0 saturated heterocycles. The van der Waals surface area contributed by atoms with Crippen molar-refractivity contribution >= 4 is 11.6 Å². The molecule has 25 heavy (non-hydrogen) atoms. The first-order chi connectivity index (χ1) is 12.3. The molecule has 4 rings (SSSR count). The van der Waals surface area contributed by atoms with Gasteiger partial charge in [0, 0.05) is 19.2 Å². The number of hydrogen-bond acceptors (Lipinski definition) is 3. The molecule has 2 aromatic heterocycles. The van der Waals surface area contributed by atoms with Crippen molar-refractivity contribution in [3.05, 3.63) is 66.1 Å². The third-order valence-electron chi connectivity index (χ3n) is 5.24. The number of hydrogen-bond donors (Lipinski definition) is 1. The molecule has 0 bridgehead atoms. The summed E-state index contributed by atoms with van der Waals surface area (Å²) in [5.41, 5.74) is 1.60. The van der Waals surface area contributed by atoms with Crippen LogP contribution in [0, 0.1) is 0 Å². The summed E-state index contributed by atoms with van der Waals surface area (Å²) in [6, 6.07) is 16.0. The topological polar surface area (TPSA) is 59.3 Å². The van der Waals surface area contributed by atoms with E-state index in [1.54, 1.807) is 0 Å². The lowest BCUT2D eigenvalue weighted by Crippen LogP contribution is -2.43. The molecule has 1 N–H and O–H groups in total. The van der Waals surface area contributed by atoms with Crippen molar-refractivity contribution in [2.24, 2.45) is 0 Å². The van der Waals surface area contributed by atoms with E-state index in [1.165, 1.54) is 0 Å². The highest BCUT2D eigenvalue weighted by molar-refractivity contribution is 5.88. The van der Waals surface area contributed by atoms with Gasteiger partial charge in [-0.2, -0.15) is 0 Å². The minimum atomic E-state index is -0.367. The molecule has 1 aliphatic carbocycles. The van der Waals surface area contributed by atoms with Crippen molar-refractivity contribution in [3.63, 3.8) is 0 Å². The van der Waals surface area contributed by atoms with E-state index in [-0.39, 0.29) is 11.3 Å². The molecule has 3 aromatic rings. The Labute approximate surface area is 147 Å². The van der Waals surface area contributed by atoms with Crippen molar-refractivity contribution in [2.75, 3.05) is 6.54 Å². The highest BCUT2D eigenvalue weighted by Gasteiger charge is 2.42. The summed E-state index contributed by atoms with van der Waals surface area (Å²) in [6.07, 6.45) is 6.69. The van der Waals surface area contributed by atoms with Gasteiger partial charge in [0.25, 0.3) is 0 Å². The first kappa shape index (κ1) is 15.8. The lowest BCUT2D eigenvalue weighted by Gasteiger charge is -2.28. The maximum absolute atomic E-state index is 13.0. The van der Waals surface area contributed by atoms with Crippen LogP contribution in [-0.4, -0.2) is 27.0 Å². The van der Waals surface area contributed by atoms with Gasteiger partial charge in [-0.3, -0.25) is 9.20 Å². The number of fused-ring (bicyclic) bond motifs is 1. The van der Waals surface area contributed by atoms with Gasteiger partial charge in [-0.25, -0.2) is 0 Å². The zero-order valence-corrected chi connectivity index (χ0v) is 14.2. The summed E-state index contributed by atoms with van der Waals surface area (Å²) in [7, 11) is 0. The summed E-state index contributed by atoms with van der Waals surface area (Å²) in [5.74, 6) is 1.01. The standard InChI is InChI=1S/C20H22N4O/c25-19(20(12-5-6-13-20)16-8-2-1-3-9-16)21-14-11-18-23-22-17-10-4-7-15-24(17)18/h1-4,7-10,15H,5-6,11-14H2,(H,21,25). The molecule has 2 heterocycles. The van der Waals surface area contributed by atoms with Crippen LogP contribution in [0.5, 0.6) is 0 Å². The molecule has 0 aliphatic heterocycles. The minimum absolute atomic E-state index is 0.144. The van der Waals surface area contributed by atoms with Crippen molar-refractivity contribution in [1.29, 1.82) is 0 Å². The van der Waals surface area contributed by atoms with Gasteiger partial charge in [0.15, 0.2) is 5.65 Å². The molecule has 0 unspecified atom stereocenters. The van der Waals surface area contributed by atoms with Crippen molar-refractivity contribution in [1.82, 2.24) is 19.9 Å². The Hall–Kier alpha value is -2.69. The molecule has 1 aliphatic rings. The van der Waals surface area contributed by atoms with Crippen LogP contribution in [0.1, 0.15) is 37.1 Å². The zero-order valence-electron chi connectivity index (χ0n) is 14.2. The highest BCUT2D eigenvalue weighted by atomic mass is 16.2. The van der Waals surface area contributed by atoms with Crippen LogP contribution in [-0.2, 0) is 16.6 Å². The minimum Gasteiger partial charge on any atom is -0.355 e. The van der Waals surface area contributed by atoms with E-state index in [2.05, 4.69) is 27.6 Å². The molecule has 1 fully saturated rings. The Morgan fingerprint density at radius 1 is 1.04 bits per heavy atom. The SMILES string of the molecule is O=C(NCCc1nnc2ccccn12)C1(c2ccccc2)CCCC1. The van der Waals surface area contributed by atoms with Gasteiger partial charge >= 0.3 is 0 Å². The van der Waals surface area contributed by atoms with Crippen LogP contribution < -0.4 is 5.32 Å². The Kier molecular flexibility index (Phi) is 4.22.